The number of anilines is 1. The number of hydrogen-bond donors (Lipinski definition) is 1. The van der Waals surface area contributed by atoms with E-state index in [1.165, 1.54) is 0 Å². The Bertz CT molecular complexity index is 587. The fourth-order valence-corrected chi connectivity index (χ4v) is 1.66. The smallest absolute Gasteiger partial charge is 0.254 e. The average Bonchev–Trinajstić information content (AvgIpc) is 2.73. The standard InChI is InChI=1S/C13H12N4O3/c1-14-16-10-4-2-9(3-5-10)15-11(18)8-17-12(19)6-7-13(17)20/h2-7H,8H2,1H3,(H,15,18)/b16-14+. The molecule has 0 atom stereocenters. The summed E-state index contributed by atoms with van der Waals surface area (Å²) in [5.74, 6) is -1.41. The van der Waals surface area contributed by atoms with E-state index in [2.05, 4.69) is 15.5 Å². The lowest BCUT2D eigenvalue weighted by atomic mass is 10.3. The van der Waals surface area contributed by atoms with Crippen molar-refractivity contribution in [2.45, 2.75) is 0 Å². The summed E-state index contributed by atoms with van der Waals surface area (Å²) >= 11 is 0. The molecule has 1 aliphatic rings. The van der Waals surface area contributed by atoms with Gasteiger partial charge in [0.05, 0.1) is 5.69 Å². The van der Waals surface area contributed by atoms with Crippen LogP contribution in [-0.4, -0.2) is 36.2 Å². The molecule has 1 heterocycles. The third-order valence-electron chi connectivity index (χ3n) is 2.57. The second-order valence-corrected chi connectivity index (χ2v) is 3.99. The first-order valence-electron chi connectivity index (χ1n) is 5.83. The third kappa shape index (κ3) is 3.14. The minimum atomic E-state index is -0.483. The first kappa shape index (κ1) is 13.6. The van der Waals surface area contributed by atoms with Gasteiger partial charge in [-0.1, -0.05) is 0 Å². The van der Waals surface area contributed by atoms with Crippen LogP contribution in [-0.2, 0) is 14.4 Å². The summed E-state index contributed by atoms with van der Waals surface area (Å²) < 4.78 is 0. The first-order valence-corrected chi connectivity index (χ1v) is 5.83. The Morgan fingerprint density at radius 1 is 1.15 bits per heavy atom. The minimum absolute atomic E-state index is 0.304. The van der Waals surface area contributed by atoms with E-state index in [4.69, 9.17) is 0 Å². The van der Waals surface area contributed by atoms with Crippen LogP contribution < -0.4 is 5.32 Å². The number of carbonyl (C=O) groups is 3. The average molecular weight is 272 g/mol. The quantitative estimate of drug-likeness (QED) is 0.660. The van der Waals surface area contributed by atoms with Gasteiger partial charge in [-0.3, -0.25) is 19.3 Å². The number of amides is 3. The lowest BCUT2D eigenvalue weighted by Gasteiger charge is -2.13. The van der Waals surface area contributed by atoms with Crippen molar-refractivity contribution in [2.24, 2.45) is 10.2 Å². The number of benzene rings is 1. The van der Waals surface area contributed by atoms with E-state index in [1.54, 1.807) is 31.3 Å². The van der Waals surface area contributed by atoms with Crippen molar-refractivity contribution in [3.63, 3.8) is 0 Å². The van der Waals surface area contributed by atoms with Crippen molar-refractivity contribution in [1.29, 1.82) is 0 Å². The highest BCUT2D eigenvalue weighted by molar-refractivity contribution is 6.15. The third-order valence-corrected chi connectivity index (χ3v) is 2.57. The number of rotatable bonds is 4. The normalized spacial score (nSPS) is 14.3. The maximum absolute atomic E-state index is 11.7. The maximum atomic E-state index is 11.7. The van der Waals surface area contributed by atoms with Crippen molar-refractivity contribution in [1.82, 2.24) is 4.90 Å². The van der Waals surface area contributed by atoms with Crippen LogP contribution in [0.1, 0.15) is 0 Å². The van der Waals surface area contributed by atoms with Crippen molar-refractivity contribution in [3.05, 3.63) is 36.4 Å². The van der Waals surface area contributed by atoms with Crippen LogP contribution in [0.4, 0.5) is 11.4 Å². The number of azo groups is 1. The number of imide groups is 1. The van der Waals surface area contributed by atoms with Crippen LogP contribution in [0.2, 0.25) is 0 Å². The summed E-state index contributed by atoms with van der Waals surface area (Å²) in [5, 5.41) is 10.1. The molecule has 0 spiro atoms. The highest BCUT2D eigenvalue weighted by atomic mass is 16.2. The zero-order valence-corrected chi connectivity index (χ0v) is 10.7. The molecule has 1 aromatic rings. The molecule has 1 N–H and O–H groups in total. The van der Waals surface area contributed by atoms with E-state index >= 15 is 0 Å². The van der Waals surface area contributed by atoms with Gasteiger partial charge < -0.3 is 5.32 Å². The monoisotopic (exact) mass is 272 g/mol. The molecule has 3 amide bonds. The van der Waals surface area contributed by atoms with Gasteiger partial charge in [-0.2, -0.15) is 10.2 Å². The highest BCUT2D eigenvalue weighted by Crippen LogP contribution is 2.16. The zero-order chi connectivity index (χ0) is 14.5. The predicted octanol–water partition coefficient (Wildman–Crippen LogP) is 1.26. The largest absolute Gasteiger partial charge is 0.325 e. The van der Waals surface area contributed by atoms with Gasteiger partial charge in [0.1, 0.15) is 6.54 Å². The molecule has 0 radical (unpaired) electrons. The van der Waals surface area contributed by atoms with E-state index in [0.717, 1.165) is 17.1 Å². The minimum Gasteiger partial charge on any atom is -0.325 e. The number of nitrogens with one attached hydrogen (secondary N) is 1. The number of nitrogens with zero attached hydrogens (tertiary/aromatic N) is 3. The molecule has 7 nitrogen and oxygen atoms in total. The second kappa shape index (κ2) is 5.87. The van der Waals surface area contributed by atoms with Gasteiger partial charge in [-0.15, -0.1) is 0 Å². The molecule has 0 saturated carbocycles. The van der Waals surface area contributed by atoms with Crippen molar-refractivity contribution >= 4 is 29.1 Å². The summed E-state index contributed by atoms with van der Waals surface area (Å²) in [6.07, 6.45) is 2.28. The summed E-state index contributed by atoms with van der Waals surface area (Å²) in [6, 6.07) is 6.70. The summed E-state index contributed by atoms with van der Waals surface area (Å²) in [6.45, 7) is -0.304. The van der Waals surface area contributed by atoms with E-state index in [9.17, 15) is 14.4 Å². The lowest BCUT2D eigenvalue weighted by Crippen LogP contribution is -2.37. The van der Waals surface area contributed by atoms with Gasteiger partial charge in [-0.25, -0.2) is 0 Å². The van der Waals surface area contributed by atoms with Crippen LogP contribution in [0, 0.1) is 0 Å². The molecule has 1 aliphatic heterocycles. The molecule has 7 heteroatoms. The summed E-state index contributed by atoms with van der Waals surface area (Å²) in [5.41, 5.74) is 1.22. The van der Waals surface area contributed by atoms with Crippen LogP contribution >= 0.6 is 0 Å². The predicted molar refractivity (Wildman–Crippen MR) is 71.4 cm³/mol. The zero-order valence-electron chi connectivity index (χ0n) is 10.7. The van der Waals surface area contributed by atoms with Gasteiger partial charge in [0.2, 0.25) is 5.91 Å². The second-order valence-electron chi connectivity index (χ2n) is 3.99. The fourth-order valence-electron chi connectivity index (χ4n) is 1.66. The topological polar surface area (TPSA) is 91.2 Å². The van der Waals surface area contributed by atoms with E-state index in [0.29, 0.717) is 11.4 Å². The summed E-state index contributed by atoms with van der Waals surface area (Å²) in [7, 11) is 1.56. The molecule has 0 saturated heterocycles. The Morgan fingerprint density at radius 2 is 1.75 bits per heavy atom. The SMILES string of the molecule is C/N=N/c1ccc(NC(=O)CN2C(=O)C=CC2=O)cc1. The van der Waals surface area contributed by atoms with Crippen LogP contribution in [0.5, 0.6) is 0 Å². The molecule has 0 fully saturated rings. The molecule has 20 heavy (non-hydrogen) atoms. The highest BCUT2D eigenvalue weighted by Gasteiger charge is 2.25. The Balaban J connectivity index is 1.94. The van der Waals surface area contributed by atoms with Crippen LogP contribution in [0.3, 0.4) is 0 Å². The molecule has 102 valence electrons. The number of carbonyl (C=O) groups excluding carboxylic acids is 3. The molecular weight excluding hydrogens is 260 g/mol. The Hall–Kier alpha value is -2.83. The van der Waals surface area contributed by atoms with Crippen LogP contribution in [0.25, 0.3) is 0 Å². The molecule has 0 aromatic heterocycles. The lowest BCUT2D eigenvalue weighted by molar-refractivity contribution is -0.139. The molecule has 0 bridgehead atoms. The molecular formula is C13H12N4O3. The van der Waals surface area contributed by atoms with Gasteiger partial charge in [0, 0.05) is 24.9 Å². The van der Waals surface area contributed by atoms with Gasteiger partial charge in [0.25, 0.3) is 11.8 Å². The summed E-state index contributed by atoms with van der Waals surface area (Å²) in [4.78, 5) is 35.2. The Kier molecular flexibility index (Phi) is 3.99. The Labute approximate surface area is 115 Å². The van der Waals surface area contributed by atoms with E-state index < -0.39 is 17.7 Å². The Morgan fingerprint density at radius 3 is 2.30 bits per heavy atom. The van der Waals surface area contributed by atoms with Crippen molar-refractivity contribution < 1.29 is 14.4 Å². The first-order chi connectivity index (χ1) is 9.60. The van der Waals surface area contributed by atoms with Gasteiger partial charge >= 0.3 is 0 Å². The maximum Gasteiger partial charge on any atom is 0.254 e. The van der Waals surface area contributed by atoms with Crippen LogP contribution in [0.15, 0.2) is 46.6 Å². The van der Waals surface area contributed by atoms with Crippen molar-refractivity contribution in [3.8, 4) is 0 Å². The molecule has 1 aromatic carbocycles. The van der Waals surface area contributed by atoms with E-state index in [1.807, 2.05) is 0 Å². The van der Waals surface area contributed by atoms with E-state index in [-0.39, 0.29) is 6.54 Å². The fraction of sp³-hybridized carbons (Fsp3) is 0.154. The molecule has 0 aliphatic carbocycles. The molecule has 2 rings (SSSR count). The van der Waals surface area contributed by atoms with Gasteiger partial charge in [0.15, 0.2) is 0 Å². The van der Waals surface area contributed by atoms with Crippen molar-refractivity contribution in [2.75, 3.05) is 18.9 Å². The number of hydrogen-bond acceptors (Lipinski definition) is 5. The van der Waals surface area contributed by atoms with Gasteiger partial charge in [-0.05, 0) is 24.3 Å². The molecule has 0 unspecified atom stereocenters.